The molecule has 0 amide bonds. The summed E-state index contributed by atoms with van der Waals surface area (Å²) in [5.74, 6) is 0.246. The van der Waals surface area contributed by atoms with Crippen LogP contribution in [0.2, 0.25) is 0 Å². The van der Waals surface area contributed by atoms with Gasteiger partial charge in [-0.05, 0) is 26.0 Å². The van der Waals surface area contributed by atoms with Crippen LogP contribution in [0.3, 0.4) is 0 Å². The highest BCUT2D eigenvalue weighted by molar-refractivity contribution is 5.87. The van der Waals surface area contributed by atoms with Gasteiger partial charge in [-0.3, -0.25) is 0 Å². The highest BCUT2D eigenvalue weighted by atomic mass is 16.5. The number of hydrogen-bond donors (Lipinski definition) is 0. The highest BCUT2D eigenvalue weighted by Crippen LogP contribution is 2.09. The molecule has 0 fully saturated rings. The number of ether oxygens (including phenoxy) is 2. The largest absolute Gasteiger partial charge is 0.492 e. The predicted molar refractivity (Wildman–Crippen MR) is 51.4 cm³/mol. The summed E-state index contributed by atoms with van der Waals surface area (Å²) in [5, 5.41) is 0. The number of pyridine rings is 1. The van der Waals surface area contributed by atoms with E-state index in [4.69, 9.17) is 9.47 Å². The van der Waals surface area contributed by atoms with Gasteiger partial charge in [0.05, 0.1) is 19.4 Å². The minimum atomic E-state index is -0.407. The first-order chi connectivity index (χ1) is 6.77. The molecule has 0 aliphatic rings. The molecule has 0 saturated heterocycles. The molecule has 1 heterocycles. The van der Waals surface area contributed by atoms with E-state index < -0.39 is 5.97 Å². The van der Waals surface area contributed by atoms with Gasteiger partial charge in [-0.2, -0.15) is 0 Å². The van der Waals surface area contributed by atoms with E-state index in [0.29, 0.717) is 24.7 Å². The van der Waals surface area contributed by atoms with Gasteiger partial charge in [-0.1, -0.05) is 0 Å². The van der Waals surface area contributed by atoms with Crippen molar-refractivity contribution in [1.82, 2.24) is 4.98 Å². The van der Waals surface area contributed by atoms with Crippen LogP contribution < -0.4 is 4.74 Å². The molecule has 1 aromatic rings. The van der Waals surface area contributed by atoms with Crippen LogP contribution in [-0.2, 0) is 4.74 Å². The molecule has 4 nitrogen and oxygen atoms in total. The Morgan fingerprint density at radius 3 is 2.64 bits per heavy atom. The van der Waals surface area contributed by atoms with Crippen molar-refractivity contribution < 1.29 is 14.3 Å². The van der Waals surface area contributed by atoms with Crippen LogP contribution in [0.5, 0.6) is 5.75 Å². The molecule has 0 radical (unpaired) electrons. The maximum absolute atomic E-state index is 11.2. The molecule has 0 unspecified atom stereocenters. The number of aromatic nitrogens is 1. The van der Waals surface area contributed by atoms with Crippen molar-refractivity contribution in [2.75, 3.05) is 13.2 Å². The summed E-state index contributed by atoms with van der Waals surface area (Å²) in [6.45, 7) is 4.58. The first-order valence-corrected chi connectivity index (χ1v) is 4.54. The van der Waals surface area contributed by atoms with E-state index in [1.54, 1.807) is 19.1 Å². The Balaban J connectivity index is 2.67. The van der Waals surface area contributed by atoms with Crippen molar-refractivity contribution in [3.05, 3.63) is 24.0 Å². The third kappa shape index (κ3) is 2.73. The number of hydrogen-bond acceptors (Lipinski definition) is 4. The molecule has 0 aliphatic heterocycles. The molecule has 0 N–H and O–H groups in total. The van der Waals surface area contributed by atoms with Gasteiger partial charge in [0.1, 0.15) is 11.4 Å². The van der Waals surface area contributed by atoms with Crippen LogP contribution in [0.25, 0.3) is 0 Å². The smallest absolute Gasteiger partial charge is 0.356 e. The zero-order chi connectivity index (χ0) is 10.4. The lowest BCUT2D eigenvalue weighted by atomic mass is 10.3. The van der Waals surface area contributed by atoms with E-state index in [2.05, 4.69) is 4.98 Å². The van der Waals surface area contributed by atoms with Gasteiger partial charge in [0, 0.05) is 0 Å². The molecule has 1 rings (SSSR count). The fourth-order valence-electron chi connectivity index (χ4n) is 0.958. The van der Waals surface area contributed by atoms with Gasteiger partial charge in [-0.15, -0.1) is 0 Å². The maximum atomic E-state index is 11.2. The fourth-order valence-corrected chi connectivity index (χ4v) is 0.958. The molecule has 1 aromatic heterocycles. The van der Waals surface area contributed by atoms with Gasteiger partial charge in [0.25, 0.3) is 0 Å². The van der Waals surface area contributed by atoms with Gasteiger partial charge >= 0.3 is 5.97 Å². The van der Waals surface area contributed by atoms with E-state index in [1.807, 2.05) is 6.92 Å². The van der Waals surface area contributed by atoms with E-state index in [1.165, 1.54) is 6.20 Å². The standard InChI is InChI=1S/C10H13NO3/c1-3-13-8-5-6-9(11-7-8)10(12)14-4-2/h5-7H,3-4H2,1-2H3. The van der Waals surface area contributed by atoms with Gasteiger partial charge < -0.3 is 9.47 Å². The Morgan fingerprint density at radius 2 is 2.14 bits per heavy atom. The molecule has 0 atom stereocenters. The van der Waals surface area contributed by atoms with Crippen molar-refractivity contribution in [2.24, 2.45) is 0 Å². The molecule has 14 heavy (non-hydrogen) atoms. The first-order valence-electron chi connectivity index (χ1n) is 4.54. The summed E-state index contributed by atoms with van der Waals surface area (Å²) >= 11 is 0. The maximum Gasteiger partial charge on any atom is 0.356 e. The van der Waals surface area contributed by atoms with Crippen LogP contribution in [0, 0.1) is 0 Å². The van der Waals surface area contributed by atoms with Crippen LogP contribution in [0.15, 0.2) is 18.3 Å². The quantitative estimate of drug-likeness (QED) is 0.685. The Hall–Kier alpha value is -1.58. The van der Waals surface area contributed by atoms with Gasteiger partial charge in [0.15, 0.2) is 0 Å². The zero-order valence-corrected chi connectivity index (χ0v) is 8.32. The summed E-state index contributed by atoms with van der Waals surface area (Å²) in [5.41, 5.74) is 0.301. The number of carbonyl (C=O) groups is 1. The van der Waals surface area contributed by atoms with Crippen molar-refractivity contribution in [3.8, 4) is 5.75 Å². The Bertz CT molecular complexity index is 295. The van der Waals surface area contributed by atoms with E-state index in [-0.39, 0.29) is 0 Å². The number of carbonyl (C=O) groups excluding carboxylic acids is 1. The fraction of sp³-hybridized carbons (Fsp3) is 0.400. The summed E-state index contributed by atoms with van der Waals surface area (Å²) in [6.07, 6.45) is 1.51. The van der Waals surface area contributed by atoms with Crippen molar-refractivity contribution in [3.63, 3.8) is 0 Å². The highest BCUT2D eigenvalue weighted by Gasteiger charge is 2.07. The lowest BCUT2D eigenvalue weighted by Gasteiger charge is -2.03. The van der Waals surface area contributed by atoms with Crippen LogP contribution in [-0.4, -0.2) is 24.2 Å². The van der Waals surface area contributed by atoms with Crippen LogP contribution >= 0.6 is 0 Å². The molecule has 0 bridgehead atoms. The number of esters is 1. The van der Waals surface area contributed by atoms with Gasteiger partial charge in [-0.25, -0.2) is 9.78 Å². The lowest BCUT2D eigenvalue weighted by molar-refractivity contribution is 0.0519. The Morgan fingerprint density at radius 1 is 1.36 bits per heavy atom. The third-order valence-electron chi connectivity index (χ3n) is 1.53. The third-order valence-corrected chi connectivity index (χ3v) is 1.53. The molecular formula is C10H13NO3. The lowest BCUT2D eigenvalue weighted by Crippen LogP contribution is -2.06. The molecule has 0 spiro atoms. The summed E-state index contributed by atoms with van der Waals surface area (Å²) in [4.78, 5) is 15.1. The molecular weight excluding hydrogens is 182 g/mol. The molecule has 4 heteroatoms. The molecule has 76 valence electrons. The average molecular weight is 195 g/mol. The van der Waals surface area contributed by atoms with Crippen molar-refractivity contribution in [2.45, 2.75) is 13.8 Å². The van der Waals surface area contributed by atoms with E-state index >= 15 is 0 Å². The summed E-state index contributed by atoms with van der Waals surface area (Å²) < 4.78 is 9.97. The topological polar surface area (TPSA) is 48.4 Å². The Kier molecular flexibility index (Phi) is 3.91. The van der Waals surface area contributed by atoms with Gasteiger partial charge in [0.2, 0.25) is 0 Å². The van der Waals surface area contributed by atoms with E-state index in [0.717, 1.165) is 0 Å². The second kappa shape index (κ2) is 5.21. The minimum Gasteiger partial charge on any atom is -0.492 e. The average Bonchev–Trinajstić information content (AvgIpc) is 2.20. The molecule has 0 aromatic carbocycles. The zero-order valence-electron chi connectivity index (χ0n) is 8.32. The normalized spacial score (nSPS) is 9.57. The van der Waals surface area contributed by atoms with Crippen molar-refractivity contribution >= 4 is 5.97 Å². The predicted octanol–water partition coefficient (Wildman–Crippen LogP) is 1.66. The van der Waals surface area contributed by atoms with Crippen molar-refractivity contribution in [1.29, 1.82) is 0 Å². The SMILES string of the molecule is CCOC(=O)c1ccc(OCC)cn1. The van der Waals surface area contributed by atoms with E-state index in [9.17, 15) is 4.79 Å². The monoisotopic (exact) mass is 195 g/mol. The second-order valence-corrected chi connectivity index (χ2v) is 2.53. The number of nitrogens with zero attached hydrogens (tertiary/aromatic N) is 1. The summed E-state index contributed by atoms with van der Waals surface area (Å²) in [7, 11) is 0. The number of rotatable bonds is 4. The molecule has 0 aliphatic carbocycles. The van der Waals surface area contributed by atoms with Crippen LogP contribution in [0.4, 0.5) is 0 Å². The second-order valence-electron chi connectivity index (χ2n) is 2.53. The molecule has 0 saturated carbocycles. The van der Waals surface area contributed by atoms with Crippen LogP contribution in [0.1, 0.15) is 24.3 Å². The minimum absolute atomic E-state index is 0.301. The Labute approximate surface area is 82.9 Å². The first kappa shape index (κ1) is 10.5. The summed E-state index contributed by atoms with van der Waals surface area (Å²) in [6, 6.07) is 3.28.